The van der Waals surface area contributed by atoms with Crippen molar-refractivity contribution in [2.75, 3.05) is 34.8 Å². The van der Waals surface area contributed by atoms with Gasteiger partial charge >= 0.3 is 0 Å². The third-order valence-electron chi connectivity index (χ3n) is 4.44. The largest absolute Gasteiger partial charge is 0.367 e. The molecular formula is C17H20N6O11S3. The Morgan fingerprint density at radius 3 is 1.97 bits per heavy atom. The molecule has 0 fully saturated rings. The molecule has 0 saturated heterocycles. The summed E-state index contributed by atoms with van der Waals surface area (Å²) >= 11 is 0. The van der Waals surface area contributed by atoms with Gasteiger partial charge in [-0.25, -0.2) is 0 Å². The number of hydrogen-bond donors (Lipinski definition) is 8. The molecule has 0 atom stereocenters. The minimum Gasteiger partial charge on any atom is -0.367 e. The molecule has 0 bridgehead atoms. The Morgan fingerprint density at radius 1 is 0.784 bits per heavy atom. The van der Waals surface area contributed by atoms with Crippen LogP contribution in [0.2, 0.25) is 0 Å². The van der Waals surface area contributed by atoms with Gasteiger partial charge in [0.1, 0.15) is 4.90 Å². The second kappa shape index (κ2) is 10.6. The van der Waals surface area contributed by atoms with Gasteiger partial charge < -0.3 is 26.2 Å². The maximum Gasteiger partial charge on any atom is 0.295 e. The van der Waals surface area contributed by atoms with E-state index in [1.54, 1.807) is 0 Å². The first kappa shape index (κ1) is 28.3. The normalized spacial score (nSPS) is 12.6. The van der Waals surface area contributed by atoms with Gasteiger partial charge in [0.25, 0.3) is 30.4 Å². The van der Waals surface area contributed by atoms with Gasteiger partial charge in [-0.05, 0) is 29.7 Å². The molecule has 0 aliphatic carbocycles. The summed E-state index contributed by atoms with van der Waals surface area (Å²) < 4.78 is 96.3. The molecule has 37 heavy (non-hydrogen) atoms. The summed E-state index contributed by atoms with van der Waals surface area (Å²) in [5.41, 5.74) is 0.171. The van der Waals surface area contributed by atoms with Crippen LogP contribution < -0.4 is 16.0 Å². The first-order valence-electron chi connectivity index (χ1n) is 9.86. The second-order valence-corrected chi connectivity index (χ2v) is 11.7. The lowest BCUT2D eigenvalue weighted by Crippen LogP contribution is -2.21. The van der Waals surface area contributed by atoms with Gasteiger partial charge in [0.15, 0.2) is 6.29 Å². The lowest BCUT2D eigenvalue weighted by Gasteiger charge is -2.13. The number of nitrogens with one attached hydrogen (secondary N) is 3. The molecule has 0 unspecified atom stereocenters. The van der Waals surface area contributed by atoms with Gasteiger partial charge in [0.05, 0.1) is 17.2 Å². The van der Waals surface area contributed by atoms with Crippen LogP contribution in [0.4, 0.5) is 23.5 Å². The summed E-state index contributed by atoms with van der Waals surface area (Å²) in [6, 6.07) is 5.41. The van der Waals surface area contributed by atoms with E-state index in [9.17, 15) is 34.4 Å². The molecule has 3 rings (SSSR count). The quantitative estimate of drug-likeness (QED) is 0.103. The Kier molecular flexibility index (Phi) is 8.14. The number of nitrogens with zero attached hydrogens (tertiary/aromatic N) is 3. The van der Waals surface area contributed by atoms with E-state index >= 15 is 0 Å². The van der Waals surface area contributed by atoms with Crippen molar-refractivity contribution in [3.63, 3.8) is 0 Å². The lowest BCUT2D eigenvalue weighted by molar-refractivity contribution is -0.0277. The highest BCUT2D eigenvalue weighted by Crippen LogP contribution is 2.30. The highest BCUT2D eigenvalue weighted by molar-refractivity contribution is 7.87. The Hall–Kier alpha value is -3.24. The average molecular weight is 581 g/mol. The third-order valence-corrected chi connectivity index (χ3v) is 6.89. The molecule has 17 nitrogen and oxygen atoms in total. The Balaban J connectivity index is 2.01. The summed E-state index contributed by atoms with van der Waals surface area (Å²) in [5.74, 6) is -1.21. The smallest absolute Gasteiger partial charge is 0.295 e. The molecule has 0 aliphatic heterocycles. The molecule has 2 aromatic carbocycles. The number of aromatic nitrogens is 3. The van der Waals surface area contributed by atoms with Crippen molar-refractivity contribution in [1.29, 1.82) is 0 Å². The van der Waals surface area contributed by atoms with Crippen LogP contribution in [0.1, 0.15) is 0 Å². The van der Waals surface area contributed by atoms with Crippen LogP contribution >= 0.6 is 0 Å². The Bertz CT molecular complexity index is 1640. The number of hydrogen-bond acceptors (Lipinski definition) is 14. The minimum absolute atomic E-state index is 0.0185. The summed E-state index contributed by atoms with van der Waals surface area (Å²) in [6.07, 6.45) is -1.77. The van der Waals surface area contributed by atoms with Gasteiger partial charge in [0, 0.05) is 17.6 Å². The van der Waals surface area contributed by atoms with E-state index in [-0.39, 0.29) is 47.4 Å². The number of rotatable bonds is 11. The average Bonchev–Trinajstić information content (AvgIpc) is 2.74. The van der Waals surface area contributed by atoms with E-state index < -0.39 is 52.2 Å². The molecule has 3 aromatic rings. The zero-order valence-corrected chi connectivity index (χ0v) is 20.8. The molecule has 0 radical (unpaired) electrons. The molecule has 202 valence electrons. The van der Waals surface area contributed by atoms with Crippen molar-refractivity contribution in [3.8, 4) is 0 Å². The zero-order chi connectivity index (χ0) is 27.6. The molecule has 20 heteroatoms. The fraction of sp³-hybridized carbons (Fsp3) is 0.235. The van der Waals surface area contributed by atoms with Crippen molar-refractivity contribution >= 4 is 64.7 Å². The predicted octanol–water partition coefficient (Wildman–Crippen LogP) is -0.716. The van der Waals surface area contributed by atoms with Crippen LogP contribution in [-0.2, 0) is 30.4 Å². The Labute approximate surface area is 209 Å². The van der Waals surface area contributed by atoms with Crippen molar-refractivity contribution in [2.45, 2.75) is 16.1 Å². The van der Waals surface area contributed by atoms with E-state index in [2.05, 4.69) is 30.9 Å². The summed E-state index contributed by atoms with van der Waals surface area (Å²) in [6.45, 7) is -0.683. The lowest BCUT2D eigenvalue weighted by atomic mass is 10.1. The van der Waals surface area contributed by atoms with Crippen LogP contribution in [0.25, 0.3) is 10.8 Å². The highest BCUT2D eigenvalue weighted by atomic mass is 32.2. The standard InChI is InChI=1S/C17H20N6O11S3/c24-14(25)8-19-16-21-15(18-3-4-35(26,27)28)22-17(23-16)20-10-1-2-12-9(5-10)6-11(36(29,30)31)7-13(12)37(32,33)34/h1-2,5-7,14,24-25H,3-4,8H2,(H,26,27,28)(H,29,30,31)(H,32,33,34)(H3,18,19,20,21,22,23). The number of aliphatic hydroxyl groups excluding tert-OH is 1. The van der Waals surface area contributed by atoms with Crippen molar-refractivity contribution in [3.05, 3.63) is 30.3 Å². The fourth-order valence-corrected chi connectivity index (χ4v) is 4.66. The van der Waals surface area contributed by atoms with E-state index in [1.807, 2.05) is 0 Å². The first-order valence-corrected chi connectivity index (χ1v) is 14.4. The molecule has 8 N–H and O–H groups in total. The van der Waals surface area contributed by atoms with Crippen LogP contribution in [0.15, 0.2) is 40.1 Å². The van der Waals surface area contributed by atoms with Crippen molar-refractivity contribution < 1.29 is 49.1 Å². The monoisotopic (exact) mass is 580 g/mol. The topological polar surface area (TPSA) is 278 Å². The Morgan fingerprint density at radius 2 is 1.41 bits per heavy atom. The van der Waals surface area contributed by atoms with E-state index in [0.717, 1.165) is 6.07 Å². The molecule has 0 spiro atoms. The van der Waals surface area contributed by atoms with Gasteiger partial charge in [-0.15, -0.1) is 0 Å². The molecule has 0 saturated carbocycles. The zero-order valence-electron chi connectivity index (χ0n) is 18.3. The van der Waals surface area contributed by atoms with E-state index in [4.69, 9.17) is 14.8 Å². The summed E-state index contributed by atoms with van der Waals surface area (Å²) in [7, 11) is -14.0. The van der Waals surface area contributed by atoms with Crippen LogP contribution in [0.3, 0.4) is 0 Å². The predicted molar refractivity (Wildman–Crippen MR) is 128 cm³/mol. The van der Waals surface area contributed by atoms with Gasteiger partial charge in [-0.2, -0.15) is 40.2 Å². The maximum absolute atomic E-state index is 11.8. The fourth-order valence-electron chi connectivity index (χ4n) is 2.94. The minimum atomic E-state index is -4.87. The number of aliphatic hydroxyl groups is 2. The molecular weight excluding hydrogens is 560 g/mol. The molecule has 1 heterocycles. The van der Waals surface area contributed by atoms with Crippen molar-refractivity contribution in [2.24, 2.45) is 0 Å². The number of anilines is 4. The molecule has 1 aromatic heterocycles. The van der Waals surface area contributed by atoms with Gasteiger partial charge in [0.2, 0.25) is 17.8 Å². The molecule has 0 aliphatic rings. The summed E-state index contributed by atoms with van der Waals surface area (Å²) in [4.78, 5) is 10.4. The number of benzene rings is 2. The van der Waals surface area contributed by atoms with E-state index in [0.29, 0.717) is 6.07 Å². The summed E-state index contributed by atoms with van der Waals surface area (Å²) in [5, 5.41) is 25.8. The van der Waals surface area contributed by atoms with Gasteiger partial charge in [-0.3, -0.25) is 13.7 Å². The maximum atomic E-state index is 11.8. The first-order chi connectivity index (χ1) is 17.0. The van der Waals surface area contributed by atoms with Crippen LogP contribution in [0.5, 0.6) is 0 Å². The van der Waals surface area contributed by atoms with Crippen LogP contribution in [-0.4, -0.2) is 89.2 Å². The SMILES string of the molecule is O=S(=O)(O)CCNc1nc(NCC(O)O)nc(Nc2ccc3c(S(=O)(=O)O)cc(S(=O)(=O)O)cc3c2)n1. The van der Waals surface area contributed by atoms with Crippen LogP contribution in [0, 0.1) is 0 Å². The molecule has 0 amide bonds. The van der Waals surface area contributed by atoms with Crippen molar-refractivity contribution in [1.82, 2.24) is 15.0 Å². The van der Waals surface area contributed by atoms with Gasteiger partial charge in [-0.1, -0.05) is 6.07 Å². The highest BCUT2D eigenvalue weighted by Gasteiger charge is 2.21. The third kappa shape index (κ3) is 8.13. The van der Waals surface area contributed by atoms with E-state index in [1.165, 1.54) is 18.2 Å². The number of fused-ring (bicyclic) bond motifs is 1. The second-order valence-electron chi connectivity index (χ2n) is 7.31.